The molecule has 10 nitrogen and oxygen atoms in total. The van der Waals surface area contributed by atoms with Crippen LogP contribution in [0, 0.1) is 0 Å². The first-order valence-electron chi connectivity index (χ1n) is 9.65. The fourth-order valence-corrected chi connectivity index (χ4v) is 6.72. The average molecular weight is 651 g/mol. The number of hydrogen-bond donors (Lipinski definition) is 2. The zero-order valence-corrected chi connectivity index (χ0v) is 25.4. The lowest BCUT2D eigenvalue weighted by Crippen LogP contribution is -2.09. The molecule has 206 valence electrons. The Bertz CT molecular complexity index is 535. The molecule has 0 saturated carbocycles. The first-order chi connectivity index (χ1) is 17.1. The van der Waals surface area contributed by atoms with Crippen LogP contribution in [0.4, 0.5) is 0 Å². The van der Waals surface area contributed by atoms with Crippen molar-refractivity contribution in [1.29, 1.82) is 0 Å². The van der Waals surface area contributed by atoms with E-state index in [0.717, 1.165) is 34.4 Å². The number of aliphatic hydroxyl groups excluding tert-OH is 2. The standard InChI is InChI=1S/C17H30O10S8/c18-6-32-8-23-15(20)3-29-12-28-2-1-26-27-11-35-14-34-10-25-17(22)5-31-13-30-4-16(21)24-9-33-7-19/h18-19H,1-14H2. The molecule has 0 rings (SSSR count). The number of thioether (sulfide) groups is 8. The van der Waals surface area contributed by atoms with Gasteiger partial charge in [0.1, 0.15) is 23.8 Å². The van der Waals surface area contributed by atoms with Crippen molar-refractivity contribution < 1.29 is 48.6 Å². The van der Waals surface area contributed by atoms with Gasteiger partial charge in [0.25, 0.3) is 0 Å². The predicted octanol–water partition coefficient (Wildman–Crippen LogP) is 3.03. The summed E-state index contributed by atoms with van der Waals surface area (Å²) in [6.07, 6.45) is 0. The van der Waals surface area contributed by atoms with Gasteiger partial charge in [0.2, 0.25) is 0 Å². The van der Waals surface area contributed by atoms with Gasteiger partial charge in [-0.15, -0.1) is 70.6 Å². The Morgan fingerprint density at radius 2 is 0.943 bits per heavy atom. The Labute approximate surface area is 239 Å². The number of carbonyl (C=O) groups is 3. The minimum Gasteiger partial charge on any atom is -0.454 e. The molecule has 0 aliphatic heterocycles. The molecule has 0 bridgehead atoms. The van der Waals surface area contributed by atoms with E-state index in [1.165, 1.54) is 58.8 Å². The van der Waals surface area contributed by atoms with Gasteiger partial charge in [0.05, 0.1) is 35.7 Å². The maximum Gasteiger partial charge on any atom is 0.316 e. The van der Waals surface area contributed by atoms with E-state index >= 15 is 0 Å². The number of carbonyl (C=O) groups excluding carboxylic acids is 3. The van der Waals surface area contributed by atoms with Crippen molar-refractivity contribution in [2.45, 2.75) is 0 Å². The molecule has 0 aromatic carbocycles. The topological polar surface area (TPSA) is 138 Å². The molecule has 0 spiro atoms. The van der Waals surface area contributed by atoms with Crippen LogP contribution in [-0.4, -0.2) is 109 Å². The summed E-state index contributed by atoms with van der Waals surface area (Å²) in [5.41, 5.74) is 0. The van der Waals surface area contributed by atoms with Crippen LogP contribution in [0.5, 0.6) is 0 Å². The van der Waals surface area contributed by atoms with Gasteiger partial charge in [-0.25, -0.2) is 9.78 Å². The van der Waals surface area contributed by atoms with Crippen LogP contribution in [0.1, 0.15) is 0 Å². The molecule has 0 aromatic heterocycles. The predicted molar refractivity (Wildman–Crippen MR) is 154 cm³/mol. The van der Waals surface area contributed by atoms with Gasteiger partial charge in [0.15, 0.2) is 0 Å². The van der Waals surface area contributed by atoms with Gasteiger partial charge < -0.3 is 24.4 Å². The molecule has 0 unspecified atom stereocenters. The highest BCUT2D eigenvalue weighted by Crippen LogP contribution is 2.16. The second kappa shape index (κ2) is 29.6. The summed E-state index contributed by atoms with van der Waals surface area (Å²) in [4.78, 5) is 44.4. The SMILES string of the molecule is O=C(CSCSCCOOCSCSCOC(=O)CSCSCC(=O)OCSCO)OCSCO. The van der Waals surface area contributed by atoms with Crippen molar-refractivity contribution in [2.24, 2.45) is 0 Å². The first-order valence-corrected chi connectivity index (χ1v) is 18.9. The maximum absolute atomic E-state index is 11.6. The molecule has 0 aliphatic rings. The molecule has 0 fully saturated rings. The van der Waals surface area contributed by atoms with Crippen molar-refractivity contribution >= 4 is 112 Å². The Morgan fingerprint density at radius 1 is 0.514 bits per heavy atom. The van der Waals surface area contributed by atoms with E-state index < -0.39 is 0 Å². The third-order valence-corrected chi connectivity index (χ3v) is 10.0. The van der Waals surface area contributed by atoms with Crippen LogP contribution < -0.4 is 0 Å². The molecule has 35 heavy (non-hydrogen) atoms. The van der Waals surface area contributed by atoms with Gasteiger partial charge in [-0.1, -0.05) is 23.5 Å². The number of aliphatic hydroxyl groups is 2. The first kappa shape index (κ1) is 36.0. The molecule has 0 radical (unpaired) electrons. The van der Waals surface area contributed by atoms with Crippen molar-refractivity contribution in [3.05, 3.63) is 0 Å². The van der Waals surface area contributed by atoms with E-state index in [9.17, 15) is 14.4 Å². The Balaban J connectivity index is 3.26. The highest BCUT2D eigenvalue weighted by atomic mass is 32.2. The van der Waals surface area contributed by atoms with Gasteiger partial charge in [0, 0.05) is 21.0 Å². The molecule has 18 heteroatoms. The quantitative estimate of drug-likeness (QED) is 0.0354. The van der Waals surface area contributed by atoms with Crippen molar-refractivity contribution in [3.63, 3.8) is 0 Å². The van der Waals surface area contributed by atoms with E-state index in [4.69, 9.17) is 34.2 Å². The number of esters is 3. The van der Waals surface area contributed by atoms with E-state index in [0.29, 0.717) is 22.7 Å². The summed E-state index contributed by atoms with van der Waals surface area (Å²) in [6.45, 7) is 0.439. The second-order valence-electron chi connectivity index (χ2n) is 5.34. The number of rotatable bonds is 26. The normalized spacial score (nSPS) is 10.8. The molecule has 0 atom stereocenters. The van der Waals surface area contributed by atoms with Crippen LogP contribution >= 0.6 is 94.1 Å². The van der Waals surface area contributed by atoms with Gasteiger partial charge >= 0.3 is 17.9 Å². The van der Waals surface area contributed by atoms with Crippen LogP contribution in [0.2, 0.25) is 0 Å². The van der Waals surface area contributed by atoms with Crippen molar-refractivity contribution in [2.75, 3.05) is 80.5 Å². The summed E-state index contributed by atoms with van der Waals surface area (Å²) >= 11 is 11.0. The lowest BCUT2D eigenvalue weighted by molar-refractivity contribution is -0.274. The third kappa shape index (κ3) is 29.5. The summed E-state index contributed by atoms with van der Waals surface area (Å²) in [5, 5.41) is 19.2. The Kier molecular flexibility index (Phi) is 30.5. The Hall–Kier alpha value is 1.05. The average Bonchev–Trinajstić information content (AvgIpc) is 2.84. The summed E-state index contributed by atoms with van der Waals surface area (Å²) < 4.78 is 14.9. The van der Waals surface area contributed by atoms with Crippen molar-refractivity contribution in [1.82, 2.24) is 0 Å². The molecule has 0 saturated heterocycles. The lowest BCUT2D eigenvalue weighted by Gasteiger charge is -2.06. The molecular formula is C17H30O10S8. The summed E-state index contributed by atoms with van der Waals surface area (Å²) in [7, 11) is 0. The molecule has 2 N–H and O–H groups in total. The third-order valence-electron chi connectivity index (χ3n) is 2.78. The zero-order chi connectivity index (χ0) is 25.8. The number of ether oxygens (including phenoxy) is 3. The lowest BCUT2D eigenvalue weighted by atomic mass is 10.8. The monoisotopic (exact) mass is 650 g/mol. The maximum atomic E-state index is 11.6. The van der Waals surface area contributed by atoms with Gasteiger partial charge in [-0.2, -0.15) is 0 Å². The van der Waals surface area contributed by atoms with E-state index in [1.807, 2.05) is 0 Å². The van der Waals surface area contributed by atoms with Crippen LogP contribution in [0.25, 0.3) is 0 Å². The minimum atomic E-state index is -0.345. The highest BCUT2D eigenvalue weighted by molar-refractivity contribution is 8.17. The number of hydrogen-bond acceptors (Lipinski definition) is 18. The van der Waals surface area contributed by atoms with Crippen LogP contribution in [-0.2, 0) is 38.4 Å². The van der Waals surface area contributed by atoms with Crippen LogP contribution in [0.3, 0.4) is 0 Å². The molecule has 0 heterocycles. The Morgan fingerprint density at radius 3 is 1.46 bits per heavy atom. The second-order valence-corrected chi connectivity index (χ2v) is 14.2. The van der Waals surface area contributed by atoms with E-state index in [-0.39, 0.29) is 64.9 Å². The zero-order valence-electron chi connectivity index (χ0n) is 18.8. The fraction of sp³-hybridized carbons (Fsp3) is 0.824. The van der Waals surface area contributed by atoms with Gasteiger partial charge in [-0.05, 0) is 0 Å². The fourth-order valence-electron chi connectivity index (χ4n) is 1.42. The van der Waals surface area contributed by atoms with Crippen LogP contribution in [0.15, 0.2) is 0 Å². The largest absolute Gasteiger partial charge is 0.454 e. The molecule has 0 aromatic rings. The van der Waals surface area contributed by atoms with E-state index in [2.05, 4.69) is 0 Å². The molecule has 0 aliphatic carbocycles. The molecular weight excluding hydrogens is 621 g/mol. The highest BCUT2D eigenvalue weighted by Gasteiger charge is 2.06. The summed E-state index contributed by atoms with van der Waals surface area (Å²) in [6, 6.07) is 0. The molecule has 0 amide bonds. The smallest absolute Gasteiger partial charge is 0.316 e. The van der Waals surface area contributed by atoms with Gasteiger partial charge in [-0.3, -0.25) is 14.4 Å². The summed E-state index contributed by atoms with van der Waals surface area (Å²) in [5.74, 6) is 1.28. The van der Waals surface area contributed by atoms with E-state index in [1.54, 1.807) is 11.8 Å². The van der Waals surface area contributed by atoms with Crippen molar-refractivity contribution in [3.8, 4) is 0 Å². The minimum absolute atomic E-state index is 0.0674.